The third kappa shape index (κ3) is 2.69. The van der Waals surface area contributed by atoms with Crippen LogP contribution in [0.15, 0.2) is 21.9 Å². The van der Waals surface area contributed by atoms with E-state index in [1.54, 1.807) is 0 Å². The van der Waals surface area contributed by atoms with Gasteiger partial charge in [0.05, 0.1) is 5.25 Å². The lowest BCUT2D eigenvalue weighted by molar-refractivity contribution is -0.111. The van der Waals surface area contributed by atoms with Crippen molar-refractivity contribution in [2.24, 2.45) is 0 Å². The highest BCUT2D eigenvalue weighted by Crippen LogP contribution is 2.45. The van der Waals surface area contributed by atoms with Gasteiger partial charge in [-0.05, 0) is 10.8 Å². The molecule has 0 radical (unpaired) electrons. The molecule has 0 aromatic carbocycles. The molecule has 2 aliphatic rings. The number of hydrogen-bond acceptors (Lipinski definition) is 8. The quantitative estimate of drug-likeness (QED) is 0.580. The van der Waals surface area contributed by atoms with Gasteiger partial charge in [-0.3, -0.25) is 19.1 Å². The van der Waals surface area contributed by atoms with Crippen LogP contribution in [0.3, 0.4) is 0 Å². The molecule has 0 aliphatic carbocycles. The third-order valence-electron chi connectivity index (χ3n) is 3.40. The Hall–Kier alpha value is -1.07. The number of aromatic nitrogens is 2. The Labute approximate surface area is 125 Å². The maximum atomic E-state index is 11.7. The van der Waals surface area contributed by atoms with Crippen molar-refractivity contribution in [1.29, 1.82) is 0 Å². The van der Waals surface area contributed by atoms with Crippen LogP contribution in [0.5, 0.6) is 0 Å². The van der Waals surface area contributed by atoms with Crippen LogP contribution < -0.4 is 11.2 Å². The van der Waals surface area contributed by atoms with Crippen LogP contribution in [0.4, 0.5) is 0 Å². The molecule has 2 fully saturated rings. The van der Waals surface area contributed by atoms with Crippen LogP contribution in [0, 0.1) is 0 Å². The Morgan fingerprint density at radius 3 is 2.67 bits per heavy atom. The van der Waals surface area contributed by atoms with Gasteiger partial charge in [0.25, 0.3) is 5.56 Å². The van der Waals surface area contributed by atoms with E-state index in [-0.39, 0.29) is 16.8 Å². The number of H-pyrrole nitrogens is 1. The topological polar surface area (TPSA) is 122 Å². The largest absolute Gasteiger partial charge is 0.387 e. The van der Waals surface area contributed by atoms with Crippen LogP contribution in [0.25, 0.3) is 0 Å². The molecule has 1 aromatic rings. The van der Waals surface area contributed by atoms with E-state index >= 15 is 0 Å². The first-order chi connectivity index (χ1) is 9.97. The predicted octanol–water partition coefficient (Wildman–Crippen LogP) is -1.16. The van der Waals surface area contributed by atoms with Crippen molar-refractivity contribution in [3.05, 3.63) is 33.1 Å². The number of hydrogen-bond donors (Lipinski definition) is 3. The minimum Gasteiger partial charge on any atom is -0.387 e. The number of nitrogens with one attached hydrogen (secondary N) is 1. The Balaban J connectivity index is 1.86. The highest BCUT2D eigenvalue weighted by atomic mass is 33.1. The molecule has 0 spiro atoms. The number of aliphatic hydroxyl groups excluding tert-OH is 2. The molecule has 3 N–H and O–H groups in total. The van der Waals surface area contributed by atoms with E-state index in [2.05, 4.69) is 4.98 Å². The first kappa shape index (κ1) is 14.9. The van der Waals surface area contributed by atoms with Crippen molar-refractivity contribution >= 4 is 26.7 Å². The molecule has 0 amide bonds. The number of carbonyl (C=O) groups is 1. The Bertz CT molecular complexity index is 673. The van der Waals surface area contributed by atoms with Crippen LogP contribution in [-0.2, 0) is 9.53 Å². The van der Waals surface area contributed by atoms with E-state index in [9.17, 15) is 24.6 Å². The molecule has 3 heterocycles. The summed E-state index contributed by atoms with van der Waals surface area (Å²) in [7, 11) is 2.37. The van der Waals surface area contributed by atoms with Gasteiger partial charge in [-0.15, -0.1) is 0 Å². The van der Waals surface area contributed by atoms with Crippen LogP contribution >= 0.6 is 21.6 Å². The maximum absolute atomic E-state index is 11.7. The summed E-state index contributed by atoms with van der Waals surface area (Å²) in [6.45, 7) is 0. The summed E-state index contributed by atoms with van der Waals surface area (Å²) in [6, 6.07) is 1.13. The lowest BCUT2D eigenvalue weighted by Gasteiger charge is -2.19. The number of aliphatic hydroxyl groups is 2. The molecular formula is C11H12N2O6S2. The molecule has 0 saturated carbocycles. The molecule has 2 saturated heterocycles. The van der Waals surface area contributed by atoms with E-state index in [4.69, 9.17) is 4.74 Å². The van der Waals surface area contributed by atoms with Gasteiger partial charge >= 0.3 is 5.69 Å². The van der Waals surface area contributed by atoms with Gasteiger partial charge in [0.2, 0.25) is 5.12 Å². The summed E-state index contributed by atoms with van der Waals surface area (Å²) < 4.78 is 6.60. The van der Waals surface area contributed by atoms with Gasteiger partial charge in [-0.2, -0.15) is 0 Å². The van der Waals surface area contributed by atoms with E-state index in [1.165, 1.54) is 17.0 Å². The second kappa shape index (κ2) is 5.61. The minimum absolute atomic E-state index is 0.0139. The predicted molar refractivity (Wildman–Crippen MR) is 75.8 cm³/mol. The molecule has 8 nitrogen and oxygen atoms in total. The molecule has 1 unspecified atom stereocenters. The van der Waals surface area contributed by atoms with E-state index in [0.29, 0.717) is 0 Å². The zero-order valence-electron chi connectivity index (χ0n) is 10.5. The zero-order valence-corrected chi connectivity index (χ0v) is 12.2. The zero-order chi connectivity index (χ0) is 15.1. The monoisotopic (exact) mass is 332 g/mol. The first-order valence-corrected chi connectivity index (χ1v) is 8.38. The fourth-order valence-corrected chi connectivity index (χ4v) is 4.94. The van der Waals surface area contributed by atoms with Gasteiger partial charge in [0.15, 0.2) is 6.23 Å². The molecule has 114 valence electrons. The Morgan fingerprint density at radius 1 is 1.29 bits per heavy atom. The Morgan fingerprint density at radius 2 is 2.05 bits per heavy atom. The standard InChI is InChI=1S/C11H12N2O6S2/c14-5-1-2-13(11(18)12-5)10-8(17)7(16)9(19-10)4-3-6(15)21-20-4/h1-2,4,7-10,16-17H,3H2,(H,12,14,18)/t4?,7-,8+,9+,10+/m0/s1. The SMILES string of the molecule is O=C1CC([C@H]2O[C@@H](n3ccc(=O)[nH]c3=O)[C@H](O)[C@@H]2O)SS1. The highest BCUT2D eigenvalue weighted by Gasteiger charge is 2.49. The van der Waals surface area contributed by atoms with Gasteiger partial charge < -0.3 is 14.9 Å². The number of carbonyl (C=O) groups excluding carboxylic acids is 1. The molecule has 1 aromatic heterocycles. The average Bonchev–Trinajstić information content (AvgIpc) is 2.97. The highest BCUT2D eigenvalue weighted by molar-refractivity contribution is 8.83. The van der Waals surface area contributed by atoms with Crippen molar-refractivity contribution in [2.45, 2.75) is 36.2 Å². The average molecular weight is 332 g/mol. The van der Waals surface area contributed by atoms with Crippen LogP contribution in [-0.4, -0.2) is 48.4 Å². The summed E-state index contributed by atoms with van der Waals surface area (Å²) in [4.78, 5) is 36.1. The number of ether oxygens (including phenoxy) is 1. The summed E-state index contributed by atoms with van der Waals surface area (Å²) in [5, 5.41) is 19.9. The molecule has 10 heteroatoms. The summed E-state index contributed by atoms with van der Waals surface area (Å²) in [6.07, 6.45) is -2.95. The van der Waals surface area contributed by atoms with Gasteiger partial charge in [-0.1, -0.05) is 10.8 Å². The molecule has 3 rings (SSSR count). The van der Waals surface area contributed by atoms with Crippen molar-refractivity contribution < 1.29 is 19.7 Å². The molecule has 2 aliphatic heterocycles. The first-order valence-electron chi connectivity index (χ1n) is 6.16. The lowest BCUT2D eigenvalue weighted by Crippen LogP contribution is -2.38. The minimum atomic E-state index is -1.32. The summed E-state index contributed by atoms with van der Waals surface area (Å²) in [5.41, 5.74) is -1.29. The van der Waals surface area contributed by atoms with Gasteiger partial charge in [-0.25, -0.2) is 4.79 Å². The fourth-order valence-electron chi connectivity index (χ4n) is 2.37. The number of aromatic amines is 1. The van der Waals surface area contributed by atoms with Crippen molar-refractivity contribution in [3.63, 3.8) is 0 Å². The summed E-state index contributed by atoms with van der Waals surface area (Å²) in [5.74, 6) is 0. The molecule has 0 bridgehead atoms. The van der Waals surface area contributed by atoms with Gasteiger partial charge in [0.1, 0.15) is 18.3 Å². The lowest BCUT2D eigenvalue weighted by atomic mass is 10.1. The van der Waals surface area contributed by atoms with Crippen molar-refractivity contribution in [1.82, 2.24) is 9.55 Å². The van der Waals surface area contributed by atoms with E-state index in [1.807, 2.05) is 0 Å². The van der Waals surface area contributed by atoms with Gasteiger partial charge in [0, 0.05) is 18.7 Å². The number of nitrogens with zero attached hydrogens (tertiary/aromatic N) is 1. The molecule has 5 atom stereocenters. The molecular weight excluding hydrogens is 320 g/mol. The molecule has 21 heavy (non-hydrogen) atoms. The van der Waals surface area contributed by atoms with Crippen molar-refractivity contribution in [2.75, 3.05) is 0 Å². The number of rotatable bonds is 2. The fraction of sp³-hybridized carbons (Fsp3) is 0.545. The normalized spacial score (nSPS) is 36.3. The van der Waals surface area contributed by atoms with E-state index < -0.39 is 35.8 Å². The van der Waals surface area contributed by atoms with Crippen LogP contribution in [0.2, 0.25) is 0 Å². The van der Waals surface area contributed by atoms with Crippen molar-refractivity contribution in [3.8, 4) is 0 Å². The third-order valence-corrected chi connectivity index (χ3v) is 6.12. The second-order valence-corrected chi connectivity index (χ2v) is 7.28. The van der Waals surface area contributed by atoms with Crippen LogP contribution in [0.1, 0.15) is 12.6 Å². The Kier molecular flexibility index (Phi) is 3.97. The maximum Gasteiger partial charge on any atom is 0.330 e. The summed E-state index contributed by atoms with van der Waals surface area (Å²) >= 11 is 0. The smallest absolute Gasteiger partial charge is 0.330 e. The van der Waals surface area contributed by atoms with E-state index in [0.717, 1.165) is 21.4 Å². The second-order valence-electron chi connectivity index (χ2n) is 4.78.